The fourth-order valence-corrected chi connectivity index (χ4v) is 5.46. The SMILES string of the molecule is COc1ccc(C[C@H]2COC(=O)[C@]2(C)Cc2ccc(OCc3ccccc3)c(OCCc3ccccc3)c2)cc1OC. The summed E-state index contributed by atoms with van der Waals surface area (Å²) in [7, 11) is 3.25. The van der Waals surface area contributed by atoms with Crippen molar-refractivity contribution in [3.05, 3.63) is 119 Å². The molecule has 1 saturated heterocycles. The maximum Gasteiger partial charge on any atom is 0.312 e. The first-order chi connectivity index (χ1) is 20.5. The van der Waals surface area contributed by atoms with Crippen LogP contribution in [0, 0.1) is 11.3 Å². The zero-order valence-corrected chi connectivity index (χ0v) is 24.5. The molecule has 0 bridgehead atoms. The zero-order chi connectivity index (χ0) is 29.4. The summed E-state index contributed by atoms with van der Waals surface area (Å²) in [6, 6.07) is 32.2. The minimum Gasteiger partial charge on any atom is -0.493 e. The van der Waals surface area contributed by atoms with Crippen LogP contribution in [0.1, 0.15) is 29.2 Å². The molecule has 1 aliphatic rings. The molecule has 42 heavy (non-hydrogen) atoms. The van der Waals surface area contributed by atoms with Crippen LogP contribution < -0.4 is 18.9 Å². The molecule has 1 fully saturated rings. The van der Waals surface area contributed by atoms with Crippen molar-refractivity contribution in [1.29, 1.82) is 0 Å². The third kappa shape index (κ3) is 6.88. The molecule has 0 saturated carbocycles. The van der Waals surface area contributed by atoms with Crippen LogP contribution in [-0.4, -0.2) is 33.4 Å². The molecule has 5 rings (SSSR count). The number of methoxy groups -OCH3 is 2. The second kappa shape index (κ2) is 13.5. The van der Waals surface area contributed by atoms with Crippen molar-refractivity contribution in [2.24, 2.45) is 11.3 Å². The summed E-state index contributed by atoms with van der Waals surface area (Å²) < 4.78 is 29.0. The van der Waals surface area contributed by atoms with Crippen molar-refractivity contribution in [2.75, 3.05) is 27.4 Å². The first kappa shape index (κ1) is 29.1. The lowest BCUT2D eigenvalue weighted by Crippen LogP contribution is -2.33. The maximum absolute atomic E-state index is 13.1. The molecule has 1 heterocycles. The highest BCUT2D eigenvalue weighted by molar-refractivity contribution is 5.79. The zero-order valence-electron chi connectivity index (χ0n) is 24.5. The molecular weight excluding hydrogens is 528 g/mol. The van der Waals surface area contributed by atoms with E-state index in [2.05, 4.69) is 12.1 Å². The van der Waals surface area contributed by atoms with E-state index in [4.69, 9.17) is 23.7 Å². The number of rotatable bonds is 13. The van der Waals surface area contributed by atoms with Crippen LogP contribution in [0.25, 0.3) is 0 Å². The van der Waals surface area contributed by atoms with E-state index in [1.54, 1.807) is 14.2 Å². The Kier molecular flexibility index (Phi) is 9.32. The Morgan fingerprint density at radius 2 is 1.36 bits per heavy atom. The van der Waals surface area contributed by atoms with Gasteiger partial charge in [-0.1, -0.05) is 72.8 Å². The predicted octanol–water partition coefficient (Wildman–Crippen LogP) is 6.87. The monoisotopic (exact) mass is 566 g/mol. The average Bonchev–Trinajstić information content (AvgIpc) is 3.29. The third-order valence-electron chi connectivity index (χ3n) is 8.02. The summed E-state index contributed by atoms with van der Waals surface area (Å²) in [6.07, 6.45) is 1.99. The molecule has 0 spiro atoms. The second-order valence-corrected chi connectivity index (χ2v) is 10.9. The maximum atomic E-state index is 13.1. The highest BCUT2D eigenvalue weighted by Crippen LogP contribution is 2.42. The van der Waals surface area contributed by atoms with E-state index in [0.717, 1.165) is 23.1 Å². The van der Waals surface area contributed by atoms with Gasteiger partial charge in [-0.3, -0.25) is 4.79 Å². The van der Waals surface area contributed by atoms with Crippen LogP contribution in [0.2, 0.25) is 0 Å². The van der Waals surface area contributed by atoms with Gasteiger partial charge in [0, 0.05) is 12.3 Å². The van der Waals surface area contributed by atoms with Gasteiger partial charge in [-0.05, 0) is 66.3 Å². The molecule has 6 heteroatoms. The van der Waals surface area contributed by atoms with Crippen molar-refractivity contribution in [2.45, 2.75) is 32.8 Å². The molecule has 6 nitrogen and oxygen atoms in total. The predicted molar refractivity (Wildman–Crippen MR) is 162 cm³/mol. The first-order valence-corrected chi connectivity index (χ1v) is 14.3. The van der Waals surface area contributed by atoms with Crippen LogP contribution in [0.4, 0.5) is 0 Å². The van der Waals surface area contributed by atoms with Crippen molar-refractivity contribution >= 4 is 5.97 Å². The summed E-state index contributed by atoms with van der Waals surface area (Å²) >= 11 is 0. The fourth-order valence-electron chi connectivity index (χ4n) is 5.46. The van der Waals surface area contributed by atoms with Crippen molar-refractivity contribution in [3.8, 4) is 23.0 Å². The summed E-state index contributed by atoms with van der Waals surface area (Å²) in [4.78, 5) is 13.1. The van der Waals surface area contributed by atoms with Gasteiger partial charge in [-0.25, -0.2) is 0 Å². The molecule has 4 aromatic rings. The molecular formula is C36H38O6. The topological polar surface area (TPSA) is 63.2 Å². The Balaban J connectivity index is 1.34. The van der Waals surface area contributed by atoms with Crippen molar-refractivity contribution in [1.82, 2.24) is 0 Å². The van der Waals surface area contributed by atoms with E-state index in [9.17, 15) is 4.79 Å². The molecule has 0 N–H and O–H groups in total. The number of ether oxygens (including phenoxy) is 5. The Hall–Kier alpha value is -4.45. The fraction of sp³-hybridized carbons (Fsp3) is 0.306. The molecule has 0 radical (unpaired) electrons. The van der Waals surface area contributed by atoms with Gasteiger partial charge < -0.3 is 23.7 Å². The largest absolute Gasteiger partial charge is 0.493 e. The standard InChI is InChI=1S/C36H38O6/c1-36(30(25-42-35(36)37)20-28-14-16-31(38-2)33(21-28)39-3)23-29-15-17-32(41-24-27-12-8-5-9-13-27)34(22-29)40-19-18-26-10-6-4-7-11-26/h4-17,21-22,30H,18-20,23-25H2,1-3H3/t30-,36+/m0/s1. The molecule has 4 aromatic carbocycles. The Labute approximate surface area is 248 Å². The van der Waals surface area contributed by atoms with Crippen LogP contribution in [-0.2, 0) is 35.4 Å². The Morgan fingerprint density at radius 3 is 2.07 bits per heavy atom. The summed E-state index contributed by atoms with van der Waals surface area (Å²) in [5.41, 5.74) is 3.66. The lowest BCUT2D eigenvalue weighted by Gasteiger charge is -2.27. The molecule has 2 atom stereocenters. The third-order valence-corrected chi connectivity index (χ3v) is 8.02. The van der Waals surface area contributed by atoms with E-state index in [1.807, 2.05) is 91.9 Å². The van der Waals surface area contributed by atoms with Gasteiger partial charge in [0.05, 0.1) is 32.8 Å². The number of hydrogen-bond donors (Lipinski definition) is 0. The summed E-state index contributed by atoms with van der Waals surface area (Å²) in [5, 5.41) is 0. The quantitative estimate of drug-likeness (QED) is 0.165. The van der Waals surface area contributed by atoms with Crippen molar-refractivity contribution < 1.29 is 28.5 Å². The number of esters is 1. The minimum atomic E-state index is -0.694. The number of carbonyl (C=O) groups is 1. The lowest BCUT2D eigenvalue weighted by atomic mass is 9.72. The lowest BCUT2D eigenvalue weighted by molar-refractivity contribution is -0.145. The van der Waals surface area contributed by atoms with Crippen LogP contribution >= 0.6 is 0 Å². The summed E-state index contributed by atoms with van der Waals surface area (Å²) in [6.45, 7) is 3.33. The molecule has 0 aliphatic carbocycles. The number of cyclic esters (lactones) is 1. The van der Waals surface area contributed by atoms with E-state index in [0.29, 0.717) is 55.7 Å². The van der Waals surface area contributed by atoms with Crippen LogP contribution in [0.15, 0.2) is 97.1 Å². The molecule has 1 aliphatic heterocycles. The number of hydrogen-bond acceptors (Lipinski definition) is 6. The number of carbonyl (C=O) groups excluding carboxylic acids is 1. The van der Waals surface area contributed by atoms with E-state index in [1.165, 1.54) is 5.56 Å². The van der Waals surface area contributed by atoms with Gasteiger partial charge in [0.25, 0.3) is 0 Å². The normalized spacial score (nSPS) is 17.9. The minimum absolute atomic E-state index is 0.000410. The molecule has 0 amide bonds. The highest BCUT2D eigenvalue weighted by atomic mass is 16.5. The molecule has 218 valence electrons. The van der Waals surface area contributed by atoms with Gasteiger partial charge in [-0.15, -0.1) is 0 Å². The average molecular weight is 567 g/mol. The van der Waals surface area contributed by atoms with Gasteiger partial charge >= 0.3 is 5.97 Å². The number of benzene rings is 4. The van der Waals surface area contributed by atoms with Crippen LogP contribution in [0.3, 0.4) is 0 Å². The highest BCUT2D eigenvalue weighted by Gasteiger charge is 2.48. The van der Waals surface area contributed by atoms with Crippen LogP contribution in [0.5, 0.6) is 23.0 Å². The van der Waals surface area contributed by atoms with E-state index < -0.39 is 5.41 Å². The molecule has 0 aromatic heterocycles. The summed E-state index contributed by atoms with van der Waals surface area (Å²) in [5.74, 6) is 2.52. The second-order valence-electron chi connectivity index (χ2n) is 10.9. The van der Waals surface area contributed by atoms with E-state index >= 15 is 0 Å². The van der Waals surface area contributed by atoms with E-state index in [-0.39, 0.29) is 11.9 Å². The molecule has 0 unspecified atom stereocenters. The Bertz CT molecular complexity index is 1470. The first-order valence-electron chi connectivity index (χ1n) is 14.3. The smallest absolute Gasteiger partial charge is 0.312 e. The van der Waals surface area contributed by atoms with Gasteiger partial charge in [0.2, 0.25) is 0 Å². The van der Waals surface area contributed by atoms with Gasteiger partial charge in [0.1, 0.15) is 6.61 Å². The van der Waals surface area contributed by atoms with Gasteiger partial charge in [-0.2, -0.15) is 0 Å². The van der Waals surface area contributed by atoms with Gasteiger partial charge in [0.15, 0.2) is 23.0 Å². The Morgan fingerprint density at radius 1 is 0.714 bits per heavy atom. The van der Waals surface area contributed by atoms with Crippen molar-refractivity contribution in [3.63, 3.8) is 0 Å².